The van der Waals surface area contributed by atoms with Gasteiger partial charge in [-0.25, -0.2) is 4.98 Å². The topological polar surface area (TPSA) is 12.9 Å². The molecule has 2 rings (SSSR count). The van der Waals surface area contributed by atoms with Gasteiger partial charge in [-0.2, -0.15) is 0 Å². The minimum atomic E-state index is 0.123. The number of halogens is 1. The smallest absolute Gasteiger partial charge is 0.0992 e. The van der Waals surface area contributed by atoms with E-state index in [9.17, 15) is 0 Å². The van der Waals surface area contributed by atoms with Gasteiger partial charge in [-0.15, -0.1) is 11.3 Å². The van der Waals surface area contributed by atoms with Gasteiger partial charge in [0.15, 0.2) is 0 Å². The van der Waals surface area contributed by atoms with Crippen molar-refractivity contribution in [2.75, 3.05) is 0 Å². The van der Waals surface area contributed by atoms with Crippen molar-refractivity contribution in [2.24, 2.45) is 0 Å². The molecule has 18 heavy (non-hydrogen) atoms. The summed E-state index contributed by atoms with van der Waals surface area (Å²) in [7, 11) is 0. The lowest BCUT2D eigenvalue weighted by molar-refractivity contribution is 0.586. The van der Waals surface area contributed by atoms with E-state index in [-0.39, 0.29) is 10.8 Å². The van der Waals surface area contributed by atoms with Crippen LogP contribution in [0.3, 0.4) is 0 Å². The molecular formula is C15H20BrNS. The van der Waals surface area contributed by atoms with E-state index < -0.39 is 0 Å². The first-order valence-corrected chi connectivity index (χ1v) is 7.81. The molecule has 0 aliphatic heterocycles. The summed E-state index contributed by atoms with van der Waals surface area (Å²) in [4.78, 5) is 4.76. The van der Waals surface area contributed by atoms with E-state index in [2.05, 4.69) is 69.6 Å². The van der Waals surface area contributed by atoms with E-state index in [0.29, 0.717) is 0 Å². The van der Waals surface area contributed by atoms with Gasteiger partial charge in [0.25, 0.3) is 0 Å². The van der Waals surface area contributed by atoms with E-state index in [4.69, 9.17) is 4.98 Å². The summed E-state index contributed by atoms with van der Waals surface area (Å²) in [5.41, 5.74) is 2.72. The standard InChI is InChI=1S/C15H20BrNS/c1-14(2,3)9-7-12-11(8-10(9)16)17-13(18-12)15(4,5)6/h7-8H,1-6H3. The number of hydrogen-bond donors (Lipinski definition) is 0. The van der Waals surface area contributed by atoms with Crippen LogP contribution in [0.5, 0.6) is 0 Å². The summed E-state index contributed by atoms with van der Waals surface area (Å²) >= 11 is 5.49. The van der Waals surface area contributed by atoms with Crippen LogP contribution in [0.4, 0.5) is 0 Å². The Labute approximate surface area is 122 Å². The Morgan fingerprint density at radius 2 is 1.61 bits per heavy atom. The van der Waals surface area contributed by atoms with E-state index in [0.717, 1.165) is 9.99 Å². The first-order valence-electron chi connectivity index (χ1n) is 6.20. The summed E-state index contributed by atoms with van der Waals surface area (Å²) in [6.07, 6.45) is 0. The number of rotatable bonds is 0. The molecule has 0 bridgehead atoms. The van der Waals surface area contributed by atoms with Gasteiger partial charge in [0.1, 0.15) is 0 Å². The molecule has 0 radical (unpaired) electrons. The van der Waals surface area contributed by atoms with Crippen LogP contribution in [0.15, 0.2) is 16.6 Å². The first-order chi connectivity index (χ1) is 8.09. The Hall–Kier alpha value is -0.410. The van der Waals surface area contributed by atoms with Crippen LogP contribution < -0.4 is 0 Å². The molecule has 0 fully saturated rings. The van der Waals surface area contributed by atoms with Gasteiger partial charge in [-0.3, -0.25) is 0 Å². The van der Waals surface area contributed by atoms with Crippen molar-refractivity contribution < 1.29 is 0 Å². The van der Waals surface area contributed by atoms with Crippen LogP contribution in [0.25, 0.3) is 10.2 Å². The van der Waals surface area contributed by atoms with E-state index in [1.54, 1.807) is 0 Å². The molecule has 0 N–H and O–H groups in total. The number of thiazole rings is 1. The zero-order valence-electron chi connectivity index (χ0n) is 11.9. The lowest BCUT2D eigenvalue weighted by atomic mass is 9.87. The molecule has 1 nitrogen and oxygen atoms in total. The molecule has 1 heterocycles. The molecule has 3 heteroatoms. The molecule has 1 aromatic heterocycles. The maximum absolute atomic E-state index is 4.76. The molecule has 0 spiro atoms. The van der Waals surface area contributed by atoms with Crippen molar-refractivity contribution in [3.63, 3.8) is 0 Å². The van der Waals surface area contributed by atoms with Gasteiger partial charge in [0.05, 0.1) is 15.2 Å². The molecule has 0 saturated carbocycles. The van der Waals surface area contributed by atoms with E-state index in [1.807, 2.05) is 11.3 Å². The fourth-order valence-corrected chi connectivity index (χ4v) is 3.81. The normalized spacial score (nSPS) is 13.3. The molecule has 0 saturated heterocycles. The Balaban J connectivity index is 2.65. The predicted octanol–water partition coefficient (Wildman–Crippen LogP) is 5.65. The minimum absolute atomic E-state index is 0.123. The Morgan fingerprint density at radius 3 is 2.11 bits per heavy atom. The van der Waals surface area contributed by atoms with Crippen molar-refractivity contribution in [1.82, 2.24) is 4.98 Å². The van der Waals surface area contributed by atoms with Gasteiger partial charge in [0.2, 0.25) is 0 Å². The number of benzene rings is 1. The van der Waals surface area contributed by atoms with Crippen molar-refractivity contribution >= 4 is 37.5 Å². The second-order valence-electron chi connectivity index (χ2n) is 6.82. The van der Waals surface area contributed by atoms with Crippen molar-refractivity contribution in [2.45, 2.75) is 52.4 Å². The average Bonchev–Trinajstić information content (AvgIpc) is 2.56. The van der Waals surface area contributed by atoms with Gasteiger partial charge in [-0.1, -0.05) is 57.5 Å². The van der Waals surface area contributed by atoms with Gasteiger partial charge in [-0.05, 0) is 23.1 Å². The largest absolute Gasteiger partial charge is 0.241 e. The summed E-state index contributed by atoms with van der Waals surface area (Å²) < 4.78 is 2.45. The monoisotopic (exact) mass is 325 g/mol. The number of nitrogens with zero attached hydrogens (tertiary/aromatic N) is 1. The molecular weight excluding hydrogens is 306 g/mol. The third-order valence-corrected chi connectivity index (χ3v) is 5.03. The Morgan fingerprint density at radius 1 is 1.00 bits per heavy atom. The maximum atomic E-state index is 4.76. The van der Waals surface area contributed by atoms with Crippen molar-refractivity contribution in [3.05, 3.63) is 27.2 Å². The molecule has 0 unspecified atom stereocenters. The fourth-order valence-electron chi connectivity index (χ4n) is 1.84. The first kappa shape index (κ1) is 14.0. The highest BCUT2D eigenvalue weighted by molar-refractivity contribution is 9.10. The lowest BCUT2D eigenvalue weighted by Gasteiger charge is -2.20. The predicted molar refractivity (Wildman–Crippen MR) is 84.7 cm³/mol. The second-order valence-corrected chi connectivity index (χ2v) is 8.70. The van der Waals surface area contributed by atoms with Gasteiger partial charge >= 0.3 is 0 Å². The van der Waals surface area contributed by atoms with Crippen LogP contribution in [0.2, 0.25) is 0 Å². The lowest BCUT2D eigenvalue weighted by Crippen LogP contribution is -2.11. The zero-order chi connectivity index (χ0) is 13.7. The van der Waals surface area contributed by atoms with E-state index in [1.165, 1.54) is 15.3 Å². The SMILES string of the molecule is CC(C)(C)c1nc2cc(Br)c(C(C)(C)C)cc2s1. The quantitative estimate of drug-likeness (QED) is 0.609. The van der Waals surface area contributed by atoms with Gasteiger partial charge < -0.3 is 0 Å². The summed E-state index contributed by atoms with van der Waals surface area (Å²) in [5.74, 6) is 0. The van der Waals surface area contributed by atoms with Crippen LogP contribution in [-0.2, 0) is 10.8 Å². The third-order valence-electron chi connectivity index (χ3n) is 2.93. The molecule has 0 aliphatic carbocycles. The number of hydrogen-bond acceptors (Lipinski definition) is 2. The second kappa shape index (κ2) is 4.31. The maximum Gasteiger partial charge on any atom is 0.0992 e. The highest BCUT2D eigenvalue weighted by Gasteiger charge is 2.22. The van der Waals surface area contributed by atoms with Crippen molar-refractivity contribution in [1.29, 1.82) is 0 Å². The Kier molecular flexibility index (Phi) is 3.35. The molecule has 2 aromatic rings. The molecule has 0 aliphatic rings. The summed E-state index contributed by atoms with van der Waals surface area (Å²) in [6, 6.07) is 4.44. The number of aromatic nitrogens is 1. The number of fused-ring (bicyclic) bond motifs is 1. The van der Waals surface area contributed by atoms with Crippen LogP contribution in [-0.4, -0.2) is 4.98 Å². The van der Waals surface area contributed by atoms with Crippen molar-refractivity contribution in [3.8, 4) is 0 Å². The van der Waals surface area contributed by atoms with Gasteiger partial charge in [0, 0.05) is 9.89 Å². The van der Waals surface area contributed by atoms with Crippen LogP contribution in [0, 0.1) is 0 Å². The summed E-state index contributed by atoms with van der Waals surface area (Å²) in [5, 5.41) is 1.20. The highest BCUT2D eigenvalue weighted by atomic mass is 79.9. The molecule has 98 valence electrons. The van der Waals surface area contributed by atoms with Crippen LogP contribution >= 0.6 is 27.3 Å². The zero-order valence-corrected chi connectivity index (χ0v) is 14.3. The summed E-state index contributed by atoms with van der Waals surface area (Å²) in [6.45, 7) is 13.4. The average molecular weight is 326 g/mol. The molecule has 0 atom stereocenters. The van der Waals surface area contributed by atoms with Crippen LogP contribution in [0.1, 0.15) is 52.1 Å². The minimum Gasteiger partial charge on any atom is -0.241 e. The fraction of sp³-hybridized carbons (Fsp3) is 0.533. The Bertz CT molecular complexity index is 585. The molecule has 1 aromatic carbocycles. The van der Waals surface area contributed by atoms with E-state index >= 15 is 0 Å². The third kappa shape index (κ3) is 2.62. The molecule has 0 amide bonds. The highest BCUT2D eigenvalue weighted by Crippen LogP contribution is 2.37.